The summed E-state index contributed by atoms with van der Waals surface area (Å²) in [5, 5.41) is 10.7. The second-order valence-corrected chi connectivity index (χ2v) is 8.71. The third-order valence-electron chi connectivity index (χ3n) is 4.72. The Labute approximate surface area is 228 Å². The maximum Gasteiger partial charge on any atom is 0.419 e. The molecule has 4 rings (SSSR count). The molecular formula is C23H15Cl3F4N8. The Morgan fingerprint density at radius 3 is 2.34 bits per heavy atom. The molecular weight excluding hydrogens is 571 g/mol. The van der Waals surface area contributed by atoms with E-state index in [1.807, 2.05) is 0 Å². The number of aromatic nitrogens is 4. The molecule has 0 aliphatic carbocycles. The Balaban J connectivity index is 1.59. The molecule has 0 fully saturated rings. The van der Waals surface area contributed by atoms with Crippen molar-refractivity contribution < 1.29 is 17.6 Å². The SMILES string of the molecule is Fc1ccc(Nc2nc(NCc3ccc(Cl)nc3)nc(N/N=C/c3ccc(Cl)c(Cl)c3)n2)cc1C(F)(F)F. The fraction of sp³-hybridized carbons (Fsp3) is 0.0870. The van der Waals surface area contributed by atoms with Gasteiger partial charge in [0.05, 0.1) is 21.8 Å². The number of hydrogen-bond donors (Lipinski definition) is 3. The number of pyridine rings is 1. The van der Waals surface area contributed by atoms with Crippen molar-refractivity contribution >= 4 is 64.5 Å². The highest BCUT2D eigenvalue weighted by Crippen LogP contribution is 2.33. The molecule has 0 saturated heterocycles. The lowest BCUT2D eigenvalue weighted by molar-refractivity contribution is -0.139. The Bertz CT molecular complexity index is 1470. The van der Waals surface area contributed by atoms with Gasteiger partial charge in [-0.3, -0.25) is 0 Å². The minimum absolute atomic E-state index is 0.0475. The lowest BCUT2D eigenvalue weighted by Crippen LogP contribution is -2.11. The summed E-state index contributed by atoms with van der Waals surface area (Å²) in [6.07, 6.45) is -1.90. The van der Waals surface area contributed by atoms with E-state index in [0.717, 1.165) is 11.6 Å². The first-order valence-corrected chi connectivity index (χ1v) is 11.7. The molecule has 0 atom stereocenters. The van der Waals surface area contributed by atoms with Crippen molar-refractivity contribution in [2.45, 2.75) is 12.7 Å². The number of nitrogens with zero attached hydrogens (tertiary/aromatic N) is 5. The van der Waals surface area contributed by atoms with E-state index in [4.69, 9.17) is 34.8 Å². The number of alkyl halides is 3. The van der Waals surface area contributed by atoms with Crippen molar-refractivity contribution in [3.8, 4) is 0 Å². The quantitative estimate of drug-likeness (QED) is 0.0871. The molecule has 0 unspecified atom stereocenters. The summed E-state index contributed by atoms with van der Waals surface area (Å²) in [6, 6.07) is 10.6. The highest BCUT2D eigenvalue weighted by molar-refractivity contribution is 6.42. The van der Waals surface area contributed by atoms with Crippen LogP contribution < -0.4 is 16.1 Å². The van der Waals surface area contributed by atoms with E-state index in [0.29, 0.717) is 32.9 Å². The van der Waals surface area contributed by atoms with Crippen LogP contribution in [0, 0.1) is 5.82 Å². The zero-order valence-corrected chi connectivity index (χ0v) is 21.1. The van der Waals surface area contributed by atoms with E-state index in [1.165, 1.54) is 6.21 Å². The van der Waals surface area contributed by atoms with Gasteiger partial charge in [-0.25, -0.2) is 14.8 Å². The van der Waals surface area contributed by atoms with Gasteiger partial charge >= 0.3 is 6.18 Å². The predicted molar refractivity (Wildman–Crippen MR) is 139 cm³/mol. The molecule has 38 heavy (non-hydrogen) atoms. The Hall–Kier alpha value is -3.74. The third-order valence-corrected chi connectivity index (χ3v) is 5.69. The summed E-state index contributed by atoms with van der Waals surface area (Å²) in [7, 11) is 0. The lowest BCUT2D eigenvalue weighted by Gasteiger charge is -2.12. The molecule has 0 spiro atoms. The van der Waals surface area contributed by atoms with Gasteiger partial charge in [0.2, 0.25) is 17.8 Å². The van der Waals surface area contributed by atoms with Crippen LogP contribution in [-0.2, 0) is 12.7 Å². The highest BCUT2D eigenvalue weighted by Gasteiger charge is 2.34. The maximum absolute atomic E-state index is 13.7. The van der Waals surface area contributed by atoms with Gasteiger partial charge in [-0.1, -0.05) is 46.9 Å². The number of benzene rings is 2. The molecule has 15 heteroatoms. The number of hydrazone groups is 1. The van der Waals surface area contributed by atoms with E-state index in [-0.39, 0.29) is 30.1 Å². The van der Waals surface area contributed by atoms with Crippen LogP contribution in [0.1, 0.15) is 16.7 Å². The molecule has 0 bridgehead atoms. The van der Waals surface area contributed by atoms with Gasteiger partial charge < -0.3 is 10.6 Å². The predicted octanol–water partition coefficient (Wildman–Crippen LogP) is 7.19. The van der Waals surface area contributed by atoms with Gasteiger partial charge in [-0.2, -0.15) is 33.2 Å². The van der Waals surface area contributed by atoms with Crippen molar-refractivity contribution in [3.63, 3.8) is 0 Å². The van der Waals surface area contributed by atoms with Crippen LogP contribution >= 0.6 is 34.8 Å². The van der Waals surface area contributed by atoms with Crippen molar-refractivity contribution in [1.29, 1.82) is 0 Å². The normalized spacial score (nSPS) is 11.6. The van der Waals surface area contributed by atoms with Crippen molar-refractivity contribution in [2.75, 3.05) is 16.1 Å². The van der Waals surface area contributed by atoms with E-state index < -0.39 is 17.6 Å². The van der Waals surface area contributed by atoms with Crippen LogP contribution in [0.25, 0.3) is 0 Å². The van der Waals surface area contributed by atoms with E-state index in [1.54, 1.807) is 36.5 Å². The first-order valence-electron chi connectivity index (χ1n) is 10.5. The van der Waals surface area contributed by atoms with Crippen LogP contribution in [0.2, 0.25) is 15.2 Å². The third kappa shape index (κ3) is 7.40. The molecule has 2 aromatic heterocycles. The average molecular weight is 586 g/mol. The monoisotopic (exact) mass is 584 g/mol. The Morgan fingerprint density at radius 1 is 0.868 bits per heavy atom. The molecule has 3 N–H and O–H groups in total. The molecule has 4 aromatic rings. The second-order valence-electron chi connectivity index (χ2n) is 7.51. The number of halogens is 7. The molecule has 196 valence electrons. The van der Waals surface area contributed by atoms with Crippen LogP contribution in [0.5, 0.6) is 0 Å². The minimum atomic E-state index is -4.88. The van der Waals surface area contributed by atoms with Gasteiger partial charge in [0, 0.05) is 18.4 Å². The Kier molecular flexibility index (Phi) is 8.45. The van der Waals surface area contributed by atoms with Crippen LogP contribution in [0.15, 0.2) is 59.8 Å². The molecule has 8 nitrogen and oxygen atoms in total. The van der Waals surface area contributed by atoms with E-state index in [2.05, 4.69) is 41.1 Å². The van der Waals surface area contributed by atoms with Crippen LogP contribution in [-0.4, -0.2) is 26.2 Å². The number of nitrogens with one attached hydrogen (secondary N) is 3. The zero-order valence-electron chi connectivity index (χ0n) is 18.9. The first kappa shape index (κ1) is 27.3. The summed E-state index contributed by atoms with van der Waals surface area (Å²) >= 11 is 17.7. The molecule has 0 amide bonds. The Morgan fingerprint density at radius 2 is 1.63 bits per heavy atom. The summed E-state index contributed by atoms with van der Waals surface area (Å²) in [4.78, 5) is 16.5. The largest absolute Gasteiger partial charge is 0.419 e. The maximum atomic E-state index is 13.7. The topological polar surface area (TPSA) is 100 Å². The summed E-state index contributed by atoms with van der Waals surface area (Å²) < 4.78 is 53.1. The average Bonchev–Trinajstić information content (AvgIpc) is 2.86. The first-order chi connectivity index (χ1) is 18.1. The summed E-state index contributed by atoms with van der Waals surface area (Å²) in [5.74, 6) is -1.53. The molecule has 0 radical (unpaired) electrons. The minimum Gasteiger partial charge on any atom is -0.350 e. The van der Waals surface area contributed by atoms with Crippen molar-refractivity contribution in [1.82, 2.24) is 19.9 Å². The van der Waals surface area contributed by atoms with Gasteiger partial charge in [-0.05, 0) is 47.5 Å². The fourth-order valence-electron chi connectivity index (χ4n) is 2.96. The smallest absolute Gasteiger partial charge is 0.350 e. The zero-order chi connectivity index (χ0) is 27.3. The lowest BCUT2D eigenvalue weighted by atomic mass is 10.2. The fourth-order valence-corrected chi connectivity index (χ4v) is 3.38. The van der Waals surface area contributed by atoms with Gasteiger partial charge in [0.1, 0.15) is 11.0 Å². The molecule has 2 heterocycles. The molecule has 0 aliphatic heterocycles. The summed E-state index contributed by atoms with van der Waals surface area (Å²) in [6.45, 7) is 0.244. The van der Waals surface area contributed by atoms with Gasteiger partial charge in [0.25, 0.3) is 0 Å². The molecule has 0 aliphatic rings. The van der Waals surface area contributed by atoms with Crippen molar-refractivity contribution in [3.05, 3.63) is 92.4 Å². The number of anilines is 4. The van der Waals surface area contributed by atoms with E-state index >= 15 is 0 Å². The number of rotatable bonds is 8. The highest BCUT2D eigenvalue weighted by atomic mass is 35.5. The van der Waals surface area contributed by atoms with Crippen LogP contribution in [0.4, 0.5) is 41.1 Å². The standard InChI is InChI=1S/C23H15Cl3F4N8/c24-16-4-1-12(7-17(16)25)11-33-38-22-36-20(32-10-13-2-6-19(26)31-9-13)35-21(37-22)34-14-3-5-18(27)15(8-14)23(28,29)30/h1-9,11H,10H2,(H3,32,34,35,36,37,38)/b33-11+. The second kappa shape index (κ2) is 11.8. The summed E-state index contributed by atoms with van der Waals surface area (Å²) in [5.41, 5.74) is 2.47. The van der Waals surface area contributed by atoms with Gasteiger partial charge in [-0.15, -0.1) is 0 Å². The van der Waals surface area contributed by atoms with Crippen LogP contribution in [0.3, 0.4) is 0 Å². The molecule has 0 saturated carbocycles. The van der Waals surface area contributed by atoms with Gasteiger partial charge in [0.15, 0.2) is 0 Å². The molecule has 2 aromatic carbocycles. The van der Waals surface area contributed by atoms with Crippen molar-refractivity contribution in [2.24, 2.45) is 5.10 Å². The van der Waals surface area contributed by atoms with E-state index in [9.17, 15) is 17.6 Å². The number of hydrogen-bond acceptors (Lipinski definition) is 8.